The lowest BCUT2D eigenvalue weighted by Crippen LogP contribution is -2.43. The number of hydrogen-bond donors (Lipinski definition) is 0. The van der Waals surface area contributed by atoms with Gasteiger partial charge in [-0.05, 0) is 70.8 Å². The van der Waals surface area contributed by atoms with Gasteiger partial charge in [0.25, 0.3) is 5.91 Å². The monoisotopic (exact) mass is 593 g/mol. The largest absolute Gasteiger partial charge is 0.497 e. The molecule has 0 bridgehead atoms. The van der Waals surface area contributed by atoms with Crippen molar-refractivity contribution in [3.8, 4) is 5.75 Å². The maximum Gasteiger partial charge on any atom is 0.254 e. The molecular weight excluding hydrogens is 546 g/mol. The minimum Gasteiger partial charge on any atom is -0.497 e. The van der Waals surface area contributed by atoms with Gasteiger partial charge in [-0.3, -0.25) is 9.59 Å². The van der Waals surface area contributed by atoms with Crippen LogP contribution < -0.4 is 4.74 Å². The molecule has 3 aromatic carbocycles. The highest BCUT2D eigenvalue weighted by Gasteiger charge is 2.24. The number of rotatable bonds is 13. The molecule has 44 heavy (non-hydrogen) atoms. The van der Waals surface area contributed by atoms with E-state index in [2.05, 4.69) is 51.3 Å². The van der Waals surface area contributed by atoms with Crippen molar-refractivity contribution in [2.24, 2.45) is 5.92 Å². The number of benzene rings is 3. The van der Waals surface area contributed by atoms with E-state index in [4.69, 9.17) is 4.74 Å². The van der Waals surface area contributed by atoms with Crippen molar-refractivity contribution in [3.63, 3.8) is 0 Å². The van der Waals surface area contributed by atoms with Gasteiger partial charge in [0.1, 0.15) is 12.3 Å². The number of amides is 2. The zero-order valence-corrected chi connectivity index (χ0v) is 27.1. The van der Waals surface area contributed by atoms with Gasteiger partial charge in [-0.15, -0.1) is 0 Å². The smallest absolute Gasteiger partial charge is 0.254 e. The van der Waals surface area contributed by atoms with Gasteiger partial charge in [0.05, 0.1) is 13.7 Å². The normalized spacial score (nSPS) is 11.4. The summed E-state index contributed by atoms with van der Waals surface area (Å²) >= 11 is 0. The topological polar surface area (TPSA) is 54.8 Å². The number of methoxy groups -OCH3 is 1. The Balaban J connectivity index is 1.58. The van der Waals surface area contributed by atoms with Crippen LogP contribution in [0.2, 0.25) is 0 Å². The molecule has 0 saturated carbocycles. The number of ether oxygens (including phenoxy) is 1. The fourth-order valence-corrected chi connectivity index (χ4v) is 5.17. The molecule has 6 heteroatoms. The summed E-state index contributed by atoms with van der Waals surface area (Å²) in [5.74, 6) is 1.03. The lowest BCUT2D eigenvalue weighted by atomic mass is 9.86. The van der Waals surface area contributed by atoms with Gasteiger partial charge in [-0.2, -0.15) is 0 Å². The maximum absolute atomic E-state index is 14.1. The van der Waals surface area contributed by atoms with Crippen LogP contribution in [-0.4, -0.2) is 46.4 Å². The first-order valence-corrected chi connectivity index (χ1v) is 15.5. The molecule has 1 aromatic heterocycles. The van der Waals surface area contributed by atoms with Crippen molar-refractivity contribution in [2.45, 2.75) is 66.1 Å². The van der Waals surface area contributed by atoms with E-state index in [0.717, 1.165) is 29.0 Å². The minimum absolute atomic E-state index is 0.00292. The fourth-order valence-electron chi connectivity index (χ4n) is 5.17. The van der Waals surface area contributed by atoms with Gasteiger partial charge >= 0.3 is 0 Å². The van der Waals surface area contributed by atoms with Crippen LogP contribution in [0.1, 0.15) is 73.8 Å². The predicted molar refractivity (Wildman–Crippen MR) is 178 cm³/mol. The van der Waals surface area contributed by atoms with Gasteiger partial charge in [0.2, 0.25) is 5.91 Å². The van der Waals surface area contributed by atoms with E-state index >= 15 is 0 Å². The molecule has 0 fully saturated rings. The molecule has 6 nitrogen and oxygen atoms in total. The SMILES string of the molecule is COc1cccc(Cn2cccc2CN(Cc2ccccc2)C(=O)CN(CCC(C)C)C(=O)c2ccc(C(C)(C)C)cc2)c1. The Morgan fingerprint density at radius 2 is 1.52 bits per heavy atom. The Morgan fingerprint density at radius 3 is 2.18 bits per heavy atom. The lowest BCUT2D eigenvalue weighted by Gasteiger charge is -2.29. The zero-order chi connectivity index (χ0) is 31.7. The van der Waals surface area contributed by atoms with Crippen LogP contribution in [0.4, 0.5) is 0 Å². The summed E-state index contributed by atoms with van der Waals surface area (Å²) in [7, 11) is 1.67. The van der Waals surface area contributed by atoms with Crippen molar-refractivity contribution in [1.29, 1.82) is 0 Å². The van der Waals surface area contributed by atoms with Crippen LogP contribution in [0.3, 0.4) is 0 Å². The molecule has 0 spiro atoms. The molecule has 1 heterocycles. The molecule has 232 valence electrons. The molecule has 0 aliphatic rings. The van der Waals surface area contributed by atoms with Gasteiger partial charge in [0.15, 0.2) is 0 Å². The maximum atomic E-state index is 14.1. The number of hydrogen-bond acceptors (Lipinski definition) is 3. The highest BCUT2D eigenvalue weighted by atomic mass is 16.5. The lowest BCUT2D eigenvalue weighted by molar-refractivity contribution is -0.133. The summed E-state index contributed by atoms with van der Waals surface area (Å²) in [5, 5.41) is 0. The Kier molecular flexibility index (Phi) is 11.0. The van der Waals surface area contributed by atoms with Crippen molar-refractivity contribution >= 4 is 11.8 Å². The summed E-state index contributed by atoms with van der Waals surface area (Å²) in [4.78, 5) is 31.5. The number of aromatic nitrogens is 1. The second-order valence-corrected chi connectivity index (χ2v) is 13.0. The highest BCUT2D eigenvalue weighted by molar-refractivity contribution is 5.96. The van der Waals surface area contributed by atoms with E-state index in [0.29, 0.717) is 37.7 Å². The van der Waals surface area contributed by atoms with Crippen molar-refractivity contribution in [2.75, 3.05) is 20.2 Å². The quantitative estimate of drug-likeness (QED) is 0.161. The molecule has 0 N–H and O–H groups in total. The molecule has 0 aliphatic carbocycles. The van der Waals surface area contributed by atoms with Crippen molar-refractivity contribution in [1.82, 2.24) is 14.4 Å². The molecule has 0 atom stereocenters. The third-order valence-corrected chi connectivity index (χ3v) is 7.92. The Labute approximate surface area is 263 Å². The average Bonchev–Trinajstić information content (AvgIpc) is 3.44. The van der Waals surface area contributed by atoms with Crippen LogP contribution >= 0.6 is 0 Å². The predicted octanol–water partition coefficient (Wildman–Crippen LogP) is 7.56. The second kappa shape index (κ2) is 14.9. The number of carbonyl (C=O) groups is 2. The van der Waals surface area contributed by atoms with Crippen LogP contribution in [0.15, 0.2) is 97.2 Å². The van der Waals surface area contributed by atoms with E-state index in [1.54, 1.807) is 12.0 Å². The molecule has 2 amide bonds. The summed E-state index contributed by atoms with van der Waals surface area (Å²) in [5.41, 5.74) is 4.96. The van der Waals surface area contributed by atoms with E-state index in [1.165, 1.54) is 5.56 Å². The Hall–Kier alpha value is -4.32. The Bertz CT molecular complexity index is 1500. The molecular formula is C38H47N3O3. The van der Waals surface area contributed by atoms with Crippen molar-refractivity contribution in [3.05, 3.63) is 125 Å². The highest BCUT2D eigenvalue weighted by Crippen LogP contribution is 2.23. The third-order valence-electron chi connectivity index (χ3n) is 7.92. The molecule has 0 aliphatic heterocycles. The number of carbonyl (C=O) groups excluding carboxylic acids is 2. The number of nitrogens with zero attached hydrogens (tertiary/aromatic N) is 3. The van der Waals surface area contributed by atoms with Crippen LogP contribution in [0, 0.1) is 5.92 Å². The summed E-state index contributed by atoms with van der Waals surface area (Å²) in [6.45, 7) is 12.8. The summed E-state index contributed by atoms with van der Waals surface area (Å²) < 4.78 is 7.58. The standard InChI is InChI=1S/C38H47N3O3/c1-29(2)21-23-40(37(43)32-17-19-33(20-18-32)38(3,4)5)28-36(42)41(25-30-12-8-7-9-13-30)27-34-15-11-22-39(34)26-31-14-10-16-35(24-31)44-6/h7-20,22,24,29H,21,23,25-28H2,1-6H3. The van der Waals surface area contributed by atoms with E-state index in [9.17, 15) is 9.59 Å². The average molecular weight is 594 g/mol. The second-order valence-electron chi connectivity index (χ2n) is 13.0. The molecule has 0 radical (unpaired) electrons. The van der Waals surface area contributed by atoms with Gasteiger partial charge in [0, 0.05) is 37.1 Å². The van der Waals surface area contributed by atoms with Gasteiger partial charge in [-0.1, -0.05) is 89.2 Å². The molecule has 0 unspecified atom stereocenters. The van der Waals surface area contributed by atoms with E-state index < -0.39 is 0 Å². The fraction of sp³-hybridized carbons (Fsp3) is 0.368. The Morgan fingerprint density at radius 1 is 0.818 bits per heavy atom. The van der Waals surface area contributed by atoms with E-state index in [1.807, 2.05) is 90.0 Å². The molecule has 0 saturated heterocycles. The summed E-state index contributed by atoms with van der Waals surface area (Å²) in [6.07, 6.45) is 2.86. The van der Waals surface area contributed by atoms with Crippen LogP contribution in [0.5, 0.6) is 5.75 Å². The summed E-state index contributed by atoms with van der Waals surface area (Å²) in [6, 6.07) is 30.0. The zero-order valence-electron chi connectivity index (χ0n) is 27.1. The van der Waals surface area contributed by atoms with E-state index in [-0.39, 0.29) is 23.8 Å². The van der Waals surface area contributed by atoms with Crippen LogP contribution in [0.25, 0.3) is 0 Å². The van der Waals surface area contributed by atoms with Gasteiger partial charge in [-0.25, -0.2) is 0 Å². The molecule has 4 rings (SSSR count). The minimum atomic E-state index is -0.111. The van der Waals surface area contributed by atoms with Crippen molar-refractivity contribution < 1.29 is 14.3 Å². The molecule has 4 aromatic rings. The van der Waals surface area contributed by atoms with Gasteiger partial charge < -0.3 is 19.1 Å². The third kappa shape index (κ3) is 9.09. The first-order valence-electron chi connectivity index (χ1n) is 15.5. The van der Waals surface area contributed by atoms with Crippen LogP contribution in [-0.2, 0) is 29.8 Å². The first-order chi connectivity index (χ1) is 21.0. The first kappa shape index (κ1) is 32.6.